The van der Waals surface area contributed by atoms with Crippen molar-refractivity contribution in [2.75, 3.05) is 32.0 Å². The summed E-state index contributed by atoms with van der Waals surface area (Å²) >= 11 is 13.4. The van der Waals surface area contributed by atoms with Gasteiger partial charge in [0.1, 0.15) is 42.8 Å². The van der Waals surface area contributed by atoms with Crippen molar-refractivity contribution in [3.8, 4) is 28.4 Å². The van der Waals surface area contributed by atoms with E-state index >= 15 is 0 Å². The number of nitrogens with two attached hydrogens (primary N) is 2. The summed E-state index contributed by atoms with van der Waals surface area (Å²) in [5.41, 5.74) is 16.3. The lowest BCUT2D eigenvalue weighted by Gasteiger charge is -2.29. The Morgan fingerprint density at radius 1 is 0.889 bits per heavy atom. The number of nitrogens with zero attached hydrogens (tertiary/aromatic N) is 2. The first-order valence-corrected chi connectivity index (χ1v) is 15.5. The van der Waals surface area contributed by atoms with Crippen molar-refractivity contribution in [3.63, 3.8) is 0 Å². The lowest BCUT2D eigenvalue weighted by atomic mass is 10.0. The van der Waals surface area contributed by atoms with Gasteiger partial charge in [-0.3, -0.25) is 4.90 Å². The zero-order valence-electron chi connectivity index (χ0n) is 24.8. The summed E-state index contributed by atoms with van der Waals surface area (Å²) in [5.74, 6) is 1.70. The molecule has 0 saturated carbocycles. The molecule has 0 spiro atoms. The molecular formula is C34H36Cl2N4O5. The second kappa shape index (κ2) is 15.4. The summed E-state index contributed by atoms with van der Waals surface area (Å²) < 4.78 is 18.2. The summed E-state index contributed by atoms with van der Waals surface area (Å²) in [7, 11) is 0. The molecule has 0 atom stereocenters. The third-order valence-electron chi connectivity index (χ3n) is 7.76. The van der Waals surface area contributed by atoms with Crippen LogP contribution in [0.3, 0.4) is 0 Å². The second-order valence-corrected chi connectivity index (χ2v) is 11.7. The van der Waals surface area contributed by atoms with Crippen molar-refractivity contribution in [2.45, 2.75) is 38.7 Å². The Balaban J connectivity index is 1.24. The number of halogens is 2. The van der Waals surface area contributed by atoms with E-state index in [4.69, 9.17) is 48.9 Å². The molecule has 9 nitrogen and oxygen atoms in total. The van der Waals surface area contributed by atoms with Crippen molar-refractivity contribution in [3.05, 3.63) is 104 Å². The van der Waals surface area contributed by atoms with E-state index in [-0.39, 0.29) is 37.2 Å². The molecule has 1 fully saturated rings. The van der Waals surface area contributed by atoms with E-state index in [0.29, 0.717) is 33.7 Å². The number of benzene rings is 4. The van der Waals surface area contributed by atoms with Crippen LogP contribution in [-0.4, -0.2) is 42.4 Å². The highest BCUT2D eigenvalue weighted by molar-refractivity contribution is 6.34. The summed E-state index contributed by atoms with van der Waals surface area (Å²) in [4.78, 5) is 13.1. The number of hydrogen-bond donors (Lipinski definition) is 3. The third kappa shape index (κ3) is 8.45. The first-order chi connectivity index (χ1) is 21.8. The van der Waals surface area contributed by atoms with Crippen LogP contribution in [0.5, 0.6) is 17.2 Å². The maximum absolute atomic E-state index is 10.8. The van der Waals surface area contributed by atoms with Gasteiger partial charge in [0.15, 0.2) is 0 Å². The fraction of sp³-hybridized carbons (Fsp3) is 0.294. The van der Waals surface area contributed by atoms with Crippen LogP contribution < -0.4 is 25.7 Å². The number of nitrogen functional groups attached to an aromatic ring is 1. The minimum Gasteiger partial charge on any atom is -0.492 e. The molecule has 0 unspecified atom stereocenters. The zero-order chi connectivity index (χ0) is 31.8. The van der Waals surface area contributed by atoms with E-state index in [1.165, 1.54) is 0 Å². The van der Waals surface area contributed by atoms with Gasteiger partial charge in [-0.15, -0.1) is 4.91 Å². The maximum Gasteiger partial charge on any atom is 0.142 e. The Bertz CT molecular complexity index is 1630. The summed E-state index contributed by atoms with van der Waals surface area (Å²) in [6.45, 7) is 3.72. The quantitative estimate of drug-likeness (QED) is 0.103. The van der Waals surface area contributed by atoms with Gasteiger partial charge in [0.25, 0.3) is 0 Å². The summed E-state index contributed by atoms with van der Waals surface area (Å²) in [5, 5.41) is 13.6. The van der Waals surface area contributed by atoms with Gasteiger partial charge in [0, 0.05) is 48.9 Å². The molecule has 0 amide bonds. The zero-order valence-corrected chi connectivity index (χ0v) is 26.3. The predicted octanol–water partition coefficient (Wildman–Crippen LogP) is 7.09. The van der Waals surface area contributed by atoms with E-state index in [9.17, 15) is 10.0 Å². The van der Waals surface area contributed by atoms with E-state index in [0.717, 1.165) is 60.5 Å². The number of aliphatic hydroxyl groups excluding tert-OH is 1. The Kier molecular flexibility index (Phi) is 11.2. The first-order valence-electron chi connectivity index (χ1n) is 14.8. The highest BCUT2D eigenvalue weighted by atomic mass is 35.5. The van der Waals surface area contributed by atoms with Crippen LogP contribution in [0.1, 0.15) is 29.5 Å². The van der Waals surface area contributed by atoms with Gasteiger partial charge in [-0.25, -0.2) is 0 Å². The second-order valence-electron chi connectivity index (χ2n) is 10.9. The summed E-state index contributed by atoms with van der Waals surface area (Å²) in [6.07, 6.45) is 1.43. The Hall–Kier alpha value is -3.86. The SMILES string of the molecule is NCc1cc(Cl)c(OCc2cccc(-c3cccc(OCCN4CCC(O)CC4)c3)c2Cl)cc1OCc1ccc(N=O)c(N)c1. The molecule has 1 saturated heterocycles. The predicted molar refractivity (Wildman–Crippen MR) is 178 cm³/mol. The van der Waals surface area contributed by atoms with Crippen LogP contribution in [-0.2, 0) is 19.8 Å². The van der Waals surface area contributed by atoms with Gasteiger partial charge < -0.3 is 30.8 Å². The number of hydrogen-bond acceptors (Lipinski definition) is 9. The molecule has 4 aromatic rings. The molecule has 11 heteroatoms. The van der Waals surface area contributed by atoms with Crippen molar-refractivity contribution in [1.82, 2.24) is 4.90 Å². The number of aliphatic hydroxyl groups is 1. The van der Waals surface area contributed by atoms with Crippen molar-refractivity contribution in [2.24, 2.45) is 10.9 Å². The number of piperidine rings is 1. The van der Waals surface area contributed by atoms with Gasteiger partial charge in [0.2, 0.25) is 0 Å². The Labute approximate surface area is 272 Å². The molecule has 1 heterocycles. The molecule has 0 radical (unpaired) electrons. The minimum atomic E-state index is -0.186. The van der Waals surface area contributed by atoms with Crippen LogP contribution in [0.25, 0.3) is 11.1 Å². The normalized spacial score (nSPS) is 13.9. The molecule has 0 bridgehead atoms. The largest absolute Gasteiger partial charge is 0.492 e. The van der Waals surface area contributed by atoms with E-state index in [1.54, 1.807) is 30.3 Å². The average Bonchev–Trinajstić information content (AvgIpc) is 3.05. The smallest absolute Gasteiger partial charge is 0.142 e. The fourth-order valence-electron chi connectivity index (χ4n) is 5.18. The van der Waals surface area contributed by atoms with Crippen LogP contribution in [0.15, 0.2) is 78.0 Å². The topological polar surface area (TPSA) is 133 Å². The fourth-order valence-corrected chi connectivity index (χ4v) is 5.71. The molecule has 4 aromatic carbocycles. The van der Waals surface area contributed by atoms with Crippen LogP contribution in [0.4, 0.5) is 11.4 Å². The number of ether oxygens (including phenoxy) is 3. The molecule has 5 N–H and O–H groups in total. The maximum atomic E-state index is 10.8. The van der Waals surface area contributed by atoms with E-state index in [1.807, 2.05) is 42.5 Å². The van der Waals surface area contributed by atoms with Crippen LogP contribution in [0, 0.1) is 4.91 Å². The third-order valence-corrected chi connectivity index (χ3v) is 8.50. The number of nitroso groups, excluding NO2 is 1. The highest BCUT2D eigenvalue weighted by Gasteiger charge is 2.17. The Morgan fingerprint density at radius 2 is 1.67 bits per heavy atom. The van der Waals surface area contributed by atoms with Crippen molar-refractivity contribution in [1.29, 1.82) is 0 Å². The Morgan fingerprint density at radius 3 is 2.42 bits per heavy atom. The highest BCUT2D eigenvalue weighted by Crippen LogP contribution is 2.36. The molecule has 1 aliphatic heterocycles. The van der Waals surface area contributed by atoms with E-state index < -0.39 is 0 Å². The van der Waals surface area contributed by atoms with Crippen LogP contribution in [0.2, 0.25) is 10.0 Å². The van der Waals surface area contributed by atoms with E-state index in [2.05, 4.69) is 10.1 Å². The van der Waals surface area contributed by atoms with Crippen molar-refractivity contribution < 1.29 is 19.3 Å². The van der Waals surface area contributed by atoms with Gasteiger partial charge in [-0.05, 0) is 59.5 Å². The molecule has 0 aromatic heterocycles. The molecule has 0 aliphatic carbocycles. The van der Waals surface area contributed by atoms with Gasteiger partial charge in [-0.1, -0.05) is 59.6 Å². The minimum absolute atomic E-state index is 0.172. The lowest BCUT2D eigenvalue weighted by Crippen LogP contribution is -2.38. The average molecular weight is 652 g/mol. The number of rotatable bonds is 13. The lowest BCUT2D eigenvalue weighted by molar-refractivity contribution is 0.0755. The molecule has 45 heavy (non-hydrogen) atoms. The first kappa shape index (κ1) is 32.5. The monoisotopic (exact) mass is 650 g/mol. The molecular weight excluding hydrogens is 615 g/mol. The molecule has 1 aliphatic rings. The van der Waals surface area contributed by atoms with Crippen molar-refractivity contribution >= 4 is 34.6 Å². The standard InChI is InChI=1S/C34H36Cl2N4O5/c35-29-17-25(19-37)32(44-20-22-7-8-31(39-42)30(38)15-22)18-33(29)45-21-24-4-2-6-28(34(24)36)23-3-1-5-27(16-23)43-14-13-40-11-9-26(41)10-12-40/h1-8,15-18,26,41H,9-14,19-21,37-38H2. The van der Waals surface area contributed by atoms with Gasteiger partial charge >= 0.3 is 0 Å². The summed E-state index contributed by atoms with van der Waals surface area (Å²) in [6, 6.07) is 22.0. The molecule has 5 rings (SSSR count). The van der Waals surface area contributed by atoms with Crippen LogP contribution >= 0.6 is 23.2 Å². The number of likely N-dealkylation sites (tertiary alicyclic amines) is 1. The number of anilines is 1. The molecule has 236 valence electrons. The van der Waals surface area contributed by atoms with Gasteiger partial charge in [-0.2, -0.15) is 0 Å². The van der Waals surface area contributed by atoms with Gasteiger partial charge in [0.05, 0.1) is 21.8 Å².